The van der Waals surface area contributed by atoms with Gasteiger partial charge in [-0.15, -0.1) is 0 Å². The lowest BCUT2D eigenvalue weighted by Crippen LogP contribution is -1.78. The van der Waals surface area contributed by atoms with E-state index in [9.17, 15) is 0 Å². The van der Waals surface area contributed by atoms with Gasteiger partial charge >= 0.3 is 0 Å². The van der Waals surface area contributed by atoms with E-state index in [0.717, 1.165) is 6.42 Å². The predicted octanol–water partition coefficient (Wildman–Crippen LogP) is 3.87. The predicted molar refractivity (Wildman–Crippen MR) is 46.8 cm³/mol. The molecule has 0 heterocycles. The maximum atomic E-state index is 3.52. The van der Waals surface area contributed by atoms with Crippen molar-refractivity contribution in [3.63, 3.8) is 0 Å². The summed E-state index contributed by atoms with van der Waals surface area (Å²) in [7, 11) is 0. The van der Waals surface area contributed by atoms with E-state index in [-0.39, 0.29) is 0 Å². The molecule has 0 aromatic rings. The number of hydrogen-bond donors (Lipinski definition) is 0. The van der Waals surface area contributed by atoms with Crippen molar-refractivity contribution < 1.29 is 0 Å². The lowest BCUT2D eigenvalue weighted by molar-refractivity contribution is 0.893. The van der Waals surface area contributed by atoms with Crippen molar-refractivity contribution in [3.05, 3.63) is 10.1 Å². The van der Waals surface area contributed by atoms with Gasteiger partial charge in [0.05, 0.1) is 0 Å². The molecule has 0 aliphatic heterocycles. The van der Waals surface area contributed by atoms with Gasteiger partial charge in [0.15, 0.2) is 0 Å². The first-order chi connectivity index (χ1) is 4.22. The standard InChI is InChI=1S/C8H15Br/c1-4-6-7(3)8(9)5-2/h4-6H2,1-3H3. The van der Waals surface area contributed by atoms with Gasteiger partial charge in [-0.05, 0) is 24.2 Å². The molecule has 0 radical (unpaired) electrons. The molecule has 0 aromatic carbocycles. The average molecular weight is 191 g/mol. The van der Waals surface area contributed by atoms with Crippen molar-refractivity contribution in [2.24, 2.45) is 0 Å². The summed E-state index contributed by atoms with van der Waals surface area (Å²) in [4.78, 5) is 0. The van der Waals surface area contributed by atoms with Crippen LogP contribution in [0.3, 0.4) is 0 Å². The summed E-state index contributed by atoms with van der Waals surface area (Å²) in [5, 5.41) is 0. The van der Waals surface area contributed by atoms with Gasteiger partial charge in [-0.25, -0.2) is 0 Å². The summed E-state index contributed by atoms with van der Waals surface area (Å²) in [6.07, 6.45) is 3.61. The second-order valence-electron chi connectivity index (χ2n) is 2.29. The van der Waals surface area contributed by atoms with Gasteiger partial charge in [0.25, 0.3) is 0 Å². The first kappa shape index (κ1) is 9.22. The fourth-order valence-electron chi connectivity index (χ4n) is 0.812. The highest BCUT2D eigenvalue weighted by molar-refractivity contribution is 9.11. The smallest absolute Gasteiger partial charge is 0.00629 e. The Labute approximate surface area is 66.5 Å². The molecule has 0 spiro atoms. The Morgan fingerprint density at radius 3 is 2.22 bits per heavy atom. The van der Waals surface area contributed by atoms with Crippen LogP contribution in [0.1, 0.15) is 40.0 Å². The molecule has 0 N–H and O–H groups in total. The van der Waals surface area contributed by atoms with Crippen LogP contribution >= 0.6 is 15.9 Å². The molecule has 0 aliphatic rings. The number of hydrogen-bond acceptors (Lipinski definition) is 0. The van der Waals surface area contributed by atoms with E-state index in [1.807, 2.05) is 0 Å². The monoisotopic (exact) mass is 190 g/mol. The second kappa shape index (κ2) is 5.04. The van der Waals surface area contributed by atoms with Crippen molar-refractivity contribution in [2.45, 2.75) is 40.0 Å². The fourth-order valence-corrected chi connectivity index (χ4v) is 1.01. The van der Waals surface area contributed by atoms with E-state index in [1.165, 1.54) is 22.9 Å². The average Bonchev–Trinajstić information content (AvgIpc) is 1.87. The summed E-state index contributed by atoms with van der Waals surface area (Å²) < 4.78 is 1.38. The molecule has 0 bridgehead atoms. The second-order valence-corrected chi connectivity index (χ2v) is 3.25. The maximum absolute atomic E-state index is 3.52. The van der Waals surface area contributed by atoms with Crippen LogP contribution in [0.2, 0.25) is 0 Å². The van der Waals surface area contributed by atoms with Crippen LogP contribution in [0.25, 0.3) is 0 Å². The van der Waals surface area contributed by atoms with Gasteiger partial charge in [0, 0.05) is 0 Å². The lowest BCUT2D eigenvalue weighted by Gasteiger charge is -2.00. The Morgan fingerprint density at radius 2 is 1.89 bits per heavy atom. The molecule has 0 aromatic heterocycles. The summed E-state index contributed by atoms with van der Waals surface area (Å²) >= 11 is 3.52. The molecule has 1 heteroatoms. The molecule has 54 valence electrons. The first-order valence-corrected chi connectivity index (χ1v) is 4.35. The first-order valence-electron chi connectivity index (χ1n) is 3.56. The van der Waals surface area contributed by atoms with Crippen LogP contribution in [-0.2, 0) is 0 Å². The molecule has 0 unspecified atom stereocenters. The van der Waals surface area contributed by atoms with Crippen LogP contribution in [0.5, 0.6) is 0 Å². The zero-order valence-corrected chi connectivity index (χ0v) is 8.09. The Kier molecular flexibility index (Phi) is 5.16. The normalized spacial score (nSPS) is 13.3. The summed E-state index contributed by atoms with van der Waals surface area (Å²) in [6, 6.07) is 0. The summed E-state index contributed by atoms with van der Waals surface area (Å²) in [5.41, 5.74) is 1.50. The van der Waals surface area contributed by atoms with Crippen LogP contribution in [0.4, 0.5) is 0 Å². The van der Waals surface area contributed by atoms with Crippen LogP contribution in [0.15, 0.2) is 10.1 Å². The fraction of sp³-hybridized carbons (Fsp3) is 0.750. The molecule has 0 nitrogen and oxygen atoms in total. The lowest BCUT2D eigenvalue weighted by atomic mass is 10.1. The minimum absolute atomic E-state index is 1.13. The van der Waals surface area contributed by atoms with Crippen molar-refractivity contribution in [1.29, 1.82) is 0 Å². The van der Waals surface area contributed by atoms with Crippen molar-refractivity contribution in [1.82, 2.24) is 0 Å². The number of halogens is 1. The number of rotatable bonds is 3. The summed E-state index contributed by atoms with van der Waals surface area (Å²) in [5.74, 6) is 0. The van der Waals surface area contributed by atoms with Crippen molar-refractivity contribution in [3.8, 4) is 0 Å². The van der Waals surface area contributed by atoms with Gasteiger partial charge in [0.1, 0.15) is 0 Å². The van der Waals surface area contributed by atoms with Crippen molar-refractivity contribution >= 4 is 15.9 Å². The third kappa shape index (κ3) is 3.74. The van der Waals surface area contributed by atoms with Crippen LogP contribution < -0.4 is 0 Å². The molecular weight excluding hydrogens is 176 g/mol. The van der Waals surface area contributed by atoms with E-state index in [2.05, 4.69) is 36.7 Å². The summed E-state index contributed by atoms with van der Waals surface area (Å²) in [6.45, 7) is 6.57. The largest absolute Gasteiger partial charge is 0.0651 e. The zero-order valence-electron chi connectivity index (χ0n) is 6.50. The Hall–Kier alpha value is 0.220. The molecule has 0 aliphatic carbocycles. The third-order valence-electron chi connectivity index (χ3n) is 1.40. The molecule has 0 atom stereocenters. The molecule has 0 saturated heterocycles. The molecule has 0 saturated carbocycles. The van der Waals surface area contributed by atoms with Gasteiger partial charge in [-0.3, -0.25) is 0 Å². The Balaban J connectivity index is 3.78. The van der Waals surface area contributed by atoms with Gasteiger partial charge < -0.3 is 0 Å². The van der Waals surface area contributed by atoms with E-state index >= 15 is 0 Å². The molecule has 0 rings (SSSR count). The Bertz CT molecular complexity index is 103. The third-order valence-corrected chi connectivity index (χ3v) is 2.64. The Morgan fingerprint density at radius 1 is 1.33 bits per heavy atom. The van der Waals surface area contributed by atoms with E-state index in [4.69, 9.17) is 0 Å². The highest BCUT2D eigenvalue weighted by Crippen LogP contribution is 2.18. The van der Waals surface area contributed by atoms with Gasteiger partial charge in [0.2, 0.25) is 0 Å². The van der Waals surface area contributed by atoms with Gasteiger partial charge in [-0.1, -0.05) is 41.8 Å². The minimum atomic E-state index is 1.13. The quantitative estimate of drug-likeness (QED) is 0.635. The van der Waals surface area contributed by atoms with Gasteiger partial charge in [-0.2, -0.15) is 0 Å². The van der Waals surface area contributed by atoms with Crippen molar-refractivity contribution in [2.75, 3.05) is 0 Å². The topological polar surface area (TPSA) is 0 Å². The van der Waals surface area contributed by atoms with Crippen LogP contribution in [-0.4, -0.2) is 0 Å². The molecule has 0 amide bonds. The number of allylic oxidation sites excluding steroid dienone is 2. The maximum Gasteiger partial charge on any atom is -0.00629 e. The minimum Gasteiger partial charge on any atom is -0.0651 e. The van der Waals surface area contributed by atoms with E-state index in [1.54, 1.807) is 0 Å². The zero-order chi connectivity index (χ0) is 7.28. The molecule has 0 fully saturated rings. The SMILES string of the molecule is CCCC(C)=C(Br)CC. The van der Waals surface area contributed by atoms with E-state index in [0.29, 0.717) is 0 Å². The highest BCUT2D eigenvalue weighted by Gasteiger charge is 1.93. The van der Waals surface area contributed by atoms with Crippen LogP contribution in [0, 0.1) is 0 Å². The van der Waals surface area contributed by atoms with E-state index < -0.39 is 0 Å². The molecule has 9 heavy (non-hydrogen) atoms. The molecular formula is C8H15Br. The highest BCUT2D eigenvalue weighted by atomic mass is 79.9.